The van der Waals surface area contributed by atoms with Crippen molar-refractivity contribution in [3.05, 3.63) is 18.0 Å². The van der Waals surface area contributed by atoms with E-state index in [0.717, 1.165) is 30.9 Å². The molecule has 1 fully saturated rings. The van der Waals surface area contributed by atoms with Gasteiger partial charge in [-0.3, -0.25) is 9.48 Å². The van der Waals surface area contributed by atoms with Crippen LogP contribution in [0.15, 0.2) is 12.4 Å². The molecule has 0 spiro atoms. The smallest absolute Gasteiger partial charge is 0.137 e. The molecular weight excluding hydrogens is 224 g/mol. The van der Waals surface area contributed by atoms with E-state index in [9.17, 15) is 4.79 Å². The Bertz CT molecular complexity index is 378. The number of hydrogen-bond acceptors (Lipinski definition) is 2. The maximum Gasteiger partial charge on any atom is 0.137 e. The van der Waals surface area contributed by atoms with Gasteiger partial charge in [-0.1, -0.05) is 32.1 Å². The maximum absolute atomic E-state index is 11.9. The molecule has 0 N–H and O–H groups in total. The summed E-state index contributed by atoms with van der Waals surface area (Å²) in [6.07, 6.45) is 13.0. The van der Waals surface area contributed by atoms with Crippen molar-refractivity contribution in [3.8, 4) is 0 Å². The molecule has 3 nitrogen and oxygen atoms in total. The zero-order chi connectivity index (χ0) is 12.8. The number of aromatic nitrogens is 2. The van der Waals surface area contributed by atoms with Gasteiger partial charge in [-0.2, -0.15) is 5.10 Å². The van der Waals surface area contributed by atoms with Crippen molar-refractivity contribution in [2.45, 2.75) is 64.8 Å². The average Bonchev–Trinajstić information content (AvgIpc) is 2.85. The number of rotatable bonds is 6. The van der Waals surface area contributed by atoms with Crippen LogP contribution in [0.4, 0.5) is 0 Å². The Labute approximate surface area is 110 Å². The van der Waals surface area contributed by atoms with Crippen LogP contribution >= 0.6 is 0 Å². The Kier molecular flexibility index (Phi) is 4.97. The molecule has 0 saturated heterocycles. The lowest BCUT2D eigenvalue weighted by Crippen LogP contribution is -2.10. The summed E-state index contributed by atoms with van der Waals surface area (Å²) in [4.78, 5) is 11.9. The van der Waals surface area contributed by atoms with Gasteiger partial charge in [0.1, 0.15) is 5.78 Å². The maximum atomic E-state index is 11.9. The third kappa shape index (κ3) is 3.97. The molecule has 0 aliphatic heterocycles. The second-order valence-corrected chi connectivity index (χ2v) is 5.46. The fraction of sp³-hybridized carbons (Fsp3) is 0.733. The lowest BCUT2D eigenvalue weighted by molar-refractivity contribution is -0.118. The Hall–Kier alpha value is -1.12. The molecule has 3 heteroatoms. The molecule has 0 atom stereocenters. The van der Waals surface area contributed by atoms with Gasteiger partial charge in [0.25, 0.3) is 0 Å². The van der Waals surface area contributed by atoms with Crippen LogP contribution in [0.3, 0.4) is 0 Å². The first kappa shape index (κ1) is 13.3. The number of Topliss-reactive ketones (excluding diaryl/α,β-unsaturated/α-hetero) is 1. The first-order chi connectivity index (χ1) is 8.78. The number of aryl methyl sites for hydroxylation is 1. The van der Waals surface area contributed by atoms with Crippen LogP contribution in [0.2, 0.25) is 0 Å². The van der Waals surface area contributed by atoms with Crippen LogP contribution in [0, 0.1) is 5.92 Å². The Balaban J connectivity index is 1.71. The van der Waals surface area contributed by atoms with E-state index in [2.05, 4.69) is 12.0 Å². The summed E-state index contributed by atoms with van der Waals surface area (Å²) in [5.74, 6) is 1.18. The second-order valence-electron chi connectivity index (χ2n) is 5.46. The second kappa shape index (κ2) is 6.72. The van der Waals surface area contributed by atoms with Crippen molar-refractivity contribution in [1.29, 1.82) is 0 Å². The van der Waals surface area contributed by atoms with Gasteiger partial charge >= 0.3 is 0 Å². The van der Waals surface area contributed by atoms with Gasteiger partial charge < -0.3 is 0 Å². The molecule has 1 heterocycles. The van der Waals surface area contributed by atoms with Crippen LogP contribution in [0.5, 0.6) is 0 Å². The Morgan fingerprint density at radius 2 is 2.17 bits per heavy atom. The minimum atomic E-state index is 0.372. The number of carbonyl (C=O) groups is 1. The highest BCUT2D eigenvalue weighted by Gasteiger charge is 2.15. The average molecular weight is 248 g/mol. The summed E-state index contributed by atoms with van der Waals surface area (Å²) in [5.41, 5.74) is 1.06. The van der Waals surface area contributed by atoms with Gasteiger partial charge in [0.2, 0.25) is 0 Å². The van der Waals surface area contributed by atoms with E-state index in [1.165, 1.54) is 32.1 Å². The molecule has 1 saturated carbocycles. The summed E-state index contributed by atoms with van der Waals surface area (Å²) in [6, 6.07) is 0. The first-order valence-electron chi connectivity index (χ1n) is 7.31. The topological polar surface area (TPSA) is 34.9 Å². The molecule has 1 aliphatic rings. The van der Waals surface area contributed by atoms with Crippen LogP contribution in [-0.4, -0.2) is 15.6 Å². The molecule has 0 bridgehead atoms. The zero-order valence-electron chi connectivity index (χ0n) is 11.4. The van der Waals surface area contributed by atoms with Crippen molar-refractivity contribution in [2.75, 3.05) is 0 Å². The molecule has 18 heavy (non-hydrogen) atoms. The highest BCUT2D eigenvalue weighted by molar-refractivity contribution is 5.80. The molecule has 1 aromatic rings. The Morgan fingerprint density at radius 3 is 2.83 bits per heavy atom. The predicted octanol–water partition coefficient (Wildman–Crippen LogP) is 3.38. The fourth-order valence-corrected chi connectivity index (χ4v) is 2.83. The minimum Gasteiger partial charge on any atom is -0.299 e. The molecule has 0 radical (unpaired) electrons. The van der Waals surface area contributed by atoms with Crippen molar-refractivity contribution in [3.63, 3.8) is 0 Å². The summed E-state index contributed by atoms with van der Waals surface area (Å²) in [7, 11) is 0. The molecule has 0 unspecified atom stereocenters. The summed E-state index contributed by atoms with van der Waals surface area (Å²) < 4.78 is 1.88. The number of carbonyl (C=O) groups excluding carboxylic acids is 1. The summed E-state index contributed by atoms with van der Waals surface area (Å²) in [6.45, 7) is 2.93. The van der Waals surface area contributed by atoms with E-state index < -0.39 is 0 Å². The van der Waals surface area contributed by atoms with Gasteiger partial charge in [0.05, 0.1) is 6.20 Å². The van der Waals surface area contributed by atoms with Crippen LogP contribution < -0.4 is 0 Å². The van der Waals surface area contributed by atoms with Crippen LogP contribution in [0.25, 0.3) is 0 Å². The normalized spacial score (nSPS) is 16.9. The molecule has 1 aromatic heterocycles. The van der Waals surface area contributed by atoms with Gasteiger partial charge in [-0.05, 0) is 24.8 Å². The first-order valence-corrected chi connectivity index (χ1v) is 7.31. The molecular formula is C15H24N2O. The molecule has 0 amide bonds. The highest BCUT2D eigenvalue weighted by Crippen LogP contribution is 2.27. The van der Waals surface area contributed by atoms with Gasteiger partial charge in [-0.15, -0.1) is 0 Å². The lowest BCUT2D eigenvalue weighted by atomic mass is 9.85. The van der Waals surface area contributed by atoms with Gasteiger partial charge in [0, 0.05) is 25.6 Å². The fourth-order valence-electron chi connectivity index (χ4n) is 2.83. The predicted molar refractivity (Wildman–Crippen MR) is 72.4 cm³/mol. The van der Waals surface area contributed by atoms with Crippen LogP contribution in [0.1, 0.15) is 57.4 Å². The monoisotopic (exact) mass is 248 g/mol. The standard InChI is InChI=1S/C15H24N2O/c1-2-17-12-14(11-16-17)10-15(18)9-8-13-6-4-3-5-7-13/h11-13H,2-10H2,1H3. The van der Waals surface area contributed by atoms with Crippen molar-refractivity contribution < 1.29 is 4.79 Å². The molecule has 1 aliphatic carbocycles. The SMILES string of the molecule is CCn1cc(CC(=O)CCC2CCCCC2)cn1. The largest absolute Gasteiger partial charge is 0.299 e. The van der Waals surface area contributed by atoms with Gasteiger partial charge in [0.15, 0.2) is 0 Å². The van der Waals surface area contributed by atoms with E-state index in [1.54, 1.807) is 0 Å². The molecule has 100 valence electrons. The van der Waals surface area contributed by atoms with Crippen LogP contribution in [-0.2, 0) is 17.8 Å². The van der Waals surface area contributed by atoms with E-state index >= 15 is 0 Å². The summed E-state index contributed by atoms with van der Waals surface area (Å²) >= 11 is 0. The third-order valence-corrected chi connectivity index (χ3v) is 3.97. The quantitative estimate of drug-likeness (QED) is 0.773. The number of ketones is 1. The van der Waals surface area contributed by atoms with Crippen molar-refractivity contribution in [2.24, 2.45) is 5.92 Å². The van der Waals surface area contributed by atoms with E-state index in [0.29, 0.717) is 12.2 Å². The highest BCUT2D eigenvalue weighted by atomic mass is 16.1. The molecule has 2 rings (SSSR count). The van der Waals surface area contributed by atoms with E-state index in [4.69, 9.17) is 0 Å². The number of nitrogens with zero attached hydrogens (tertiary/aromatic N) is 2. The zero-order valence-corrected chi connectivity index (χ0v) is 11.4. The number of hydrogen-bond donors (Lipinski definition) is 0. The van der Waals surface area contributed by atoms with Gasteiger partial charge in [-0.25, -0.2) is 0 Å². The lowest BCUT2D eigenvalue weighted by Gasteiger charge is -2.20. The third-order valence-electron chi connectivity index (χ3n) is 3.97. The molecule has 0 aromatic carbocycles. The summed E-state index contributed by atoms with van der Waals surface area (Å²) in [5, 5.41) is 4.20. The van der Waals surface area contributed by atoms with E-state index in [1.807, 2.05) is 17.1 Å². The van der Waals surface area contributed by atoms with Crippen molar-refractivity contribution >= 4 is 5.78 Å². The van der Waals surface area contributed by atoms with Crippen molar-refractivity contribution in [1.82, 2.24) is 9.78 Å². The Morgan fingerprint density at radius 1 is 1.39 bits per heavy atom. The minimum absolute atomic E-state index is 0.372. The van der Waals surface area contributed by atoms with E-state index in [-0.39, 0.29) is 0 Å².